The molecule has 0 amide bonds. The van der Waals surface area contributed by atoms with Gasteiger partial charge >= 0.3 is 0 Å². The third kappa shape index (κ3) is 5.65. The number of aryl methyl sites for hydroxylation is 2. The summed E-state index contributed by atoms with van der Waals surface area (Å²) >= 11 is 0. The van der Waals surface area contributed by atoms with Crippen molar-refractivity contribution in [2.24, 2.45) is 0 Å². The van der Waals surface area contributed by atoms with E-state index in [9.17, 15) is 4.79 Å². The van der Waals surface area contributed by atoms with E-state index in [1.807, 2.05) is 115 Å². The number of fused-ring (bicyclic) bond motifs is 3. The first-order chi connectivity index (χ1) is 26.1. The van der Waals surface area contributed by atoms with Gasteiger partial charge in [0.1, 0.15) is 17.9 Å². The van der Waals surface area contributed by atoms with Crippen LogP contribution in [0, 0.1) is 6.92 Å². The van der Waals surface area contributed by atoms with Crippen LogP contribution in [-0.2, 0) is 25.0 Å². The summed E-state index contributed by atoms with van der Waals surface area (Å²) < 4.78 is 8.43. The number of hydrogen-bond donors (Lipinski definition) is 0. The van der Waals surface area contributed by atoms with E-state index in [1.54, 1.807) is 0 Å². The summed E-state index contributed by atoms with van der Waals surface area (Å²) in [6, 6.07) is 48.9. The zero-order valence-corrected chi connectivity index (χ0v) is 29.4. The minimum atomic E-state index is -0.949. The van der Waals surface area contributed by atoms with Crippen LogP contribution in [0.5, 0.6) is 5.75 Å². The molecular weight excluding hydrogens is 655 g/mol. The zero-order chi connectivity index (χ0) is 35.8. The van der Waals surface area contributed by atoms with Crippen LogP contribution in [0.2, 0.25) is 0 Å². The van der Waals surface area contributed by atoms with Gasteiger partial charge in [-0.25, -0.2) is 4.68 Å². The summed E-state index contributed by atoms with van der Waals surface area (Å²) in [5, 5.41) is 16.7. The smallest absolute Gasteiger partial charge is 0.194 e. The lowest BCUT2D eigenvalue weighted by atomic mass is 9.77. The Kier molecular flexibility index (Phi) is 8.31. The molecule has 1 aliphatic rings. The molecule has 0 saturated carbocycles. The van der Waals surface area contributed by atoms with Gasteiger partial charge in [0.25, 0.3) is 0 Å². The highest BCUT2D eigenvalue weighted by Crippen LogP contribution is 2.43. The van der Waals surface area contributed by atoms with Crippen LogP contribution in [0.15, 0.2) is 150 Å². The maximum absolute atomic E-state index is 14.5. The lowest BCUT2D eigenvalue weighted by Gasteiger charge is -2.36. The van der Waals surface area contributed by atoms with Gasteiger partial charge in [0.2, 0.25) is 0 Å². The van der Waals surface area contributed by atoms with Crippen LogP contribution < -0.4 is 10.2 Å². The molecule has 2 aromatic heterocycles. The Morgan fingerprint density at radius 2 is 1.32 bits per heavy atom. The van der Waals surface area contributed by atoms with Gasteiger partial charge in [-0.1, -0.05) is 127 Å². The van der Waals surface area contributed by atoms with Crippen molar-refractivity contribution in [1.82, 2.24) is 25.2 Å². The molecule has 0 unspecified atom stereocenters. The molecule has 0 atom stereocenters. The van der Waals surface area contributed by atoms with E-state index < -0.39 is 5.54 Å². The number of benzene rings is 5. The summed E-state index contributed by atoms with van der Waals surface area (Å²) in [6.45, 7) is 2.35. The fourth-order valence-corrected chi connectivity index (χ4v) is 8.07. The quantitative estimate of drug-likeness (QED) is 0.148. The van der Waals surface area contributed by atoms with Gasteiger partial charge in [-0.2, -0.15) is 0 Å². The van der Waals surface area contributed by atoms with Crippen molar-refractivity contribution in [3.63, 3.8) is 0 Å². The minimum Gasteiger partial charge on any atom is -0.488 e. The maximum Gasteiger partial charge on any atom is 0.194 e. The zero-order valence-electron chi connectivity index (χ0n) is 29.4. The highest BCUT2D eigenvalue weighted by atomic mass is 16.5. The highest BCUT2D eigenvalue weighted by molar-refractivity contribution is 6.02. The second kappa shape index (κ2) is 13.6. The first-order valence-corrected chi connectivity index (χ1v) is 18.2. The Labute approximate surface area is 307 Å². The molecule has 0 spiro atoms. The van der Waals surface area contributed by atoms with E-state index in [0.29, 0.717) is 23.2 Å². The predicted octanol–water partition coefficient (Wildman–Crippen LogP) is 9.01. The standard InChI is InChI=1S/C46H37N5O2/c1-31-27-43(39-23-13-14-24-42(39)47-31)53-30-32-25-26-38-40(28-32)44(52)37-22-12-11-15-33(37)29-41(38)45-48-49-50-51(45)46(34-16-5-2-6-17-34,35-18-7-3-8-19-35)36-20-9-4-10-21-36/h2-12,15-22,25-29H,13-14,23-24,30H2,1H3. The van der Waals surface area contributed by atoms with Gasteiger partial charge in [0.05, 0.1) is 0 Å². The van der Waals surface area contributed by atoms with Crippen LogP contribution in [0.25, 0.3) is 32.9 Å². The normalized spacial score (nSPS) is 12.8. The third-order valence-electron chi connectivity index (χ3n) is 10.5. The van der Waals surface area contributed by atoms with Crippen LogP contribution >= 0.6 is 0 Å². The van der Waals surface area contributed by atoms with E-state index in [4.69, 9.17) is 20.0 Å². The molecule has 0 aliphatic heterocycles. The molecule has 0 saturated heterocycles. The van der Waals surface area contributed by atoms with Gasteiger partial charge in [-0.05, 0) is 88.2 Å². The molecule has 7 nitrogen and oxygen atoms in total. The van der Waals surface area contributed by atoms with Crippen molar-refractivity contribution >= 4 is 21.5 Å². The SMILES string of the molecule is Cc1cc(OCc2ccc3c(-c4nnnn4C(c4ccccc4)(c4ccccc4)c4ccccc4)cc4ccccc4c(=O)c3c2)c2c(n1)CCCC2. The number of ether oxygens (including phenoxy) is 1. The fraction of sp³-hybridized carbons (Fsp3) is 0.152. The molecule has 6 aromatic carbocycles. The monoisotopic (exact) mass is 691 g/mol. The average molecular weight is 692 g/mol. The lowest BCUT2D eigenvalue weighted by Crippen LogP contribution is -2.39. The molecule has 8 aromatic rings. The van der Waals surface area contributed by atoms with Crippen LogP contribution in [0.4, 0.5) is 0 Å². The van der Waals surface area contributed by atoms with E-state index in [0.717, 1.165) is 81.4 Å². The number of tetrazole rings is 1. The molecule has 0 N–H and O–H groups in total. The number of aromatic nitrogens is 5. The van der Waals surface area contributed by atoms with Crippen molar-refractivity contribution in [3.8, 4) is 17.1 Å². The van der Waals surface area contributed by atoms with Crippen LogP contribution in [0.1, 0.15) is 52.0 Å². The summed E-state index contributed by atoms with van der Waals surface area (Å²) in [6.07, 6.45) is 4.24. The number of rotatable bonds is 8. The van der Waals surface area contributed by atoms with E-state index in [1.165, 1.54) is 5.56 Å². The maximum atomic E-state index is 14.5. The van der Waals surface area contributed by atoms with E-state index in [2.05, 4.69) is 47.7 Å². The number of hydrogen-bond acceptors (Lipinski definition) is 6. The molecule has 53 heavy (non-hydrogen) atoms. The molecule has 7 heteroatoms. The first kappa shape index (κ1) is 32.4. The van der Waals surface area contributed by atoms with Crippen LogP contribution in [-0.4, -0.2) is 25.2 Å². The molecule has 1 aliphatic carbocycles. The summed E-state index contributed by atoms with van der Waals surface area (Å²) in [7, 11) is 0. The van der Waals surface area contributed by atoms with Crippen molar-refractivity contribution in [2.45, 2.75) is 44.8 Å². The summed E-state index contributed by atoms with van der Waals surface area (Å²) in [5.41, 5.74) is 6.95. The van der Waals surface area contributed by atoms with E-state index in [-0.39, 0.29) is 5.43 Å². The second-order valence-corrected chi connectivity index (χ2v) is 13.8. The number of nitrogens with zero attached hydrogens (tertiary/aromatic N) is 5. The van der Waals surface area contributed by atoms with Crippen molar-refractivity contribution in [1.29, 1.82) is 0 Å². The third-order valence-corrected chi connectivity index (χ3v) is 10.5. The fourth-order valence-electron chi connectivity index (χ4n) is 8.07. The lowest BCUT2D eigenvalue weighted by molar-refractivity contribution is 0.300. The van der Waals surface area contributed by atoms with Crippen molar-refractivity contribution in [2.75, 3.05) is 0 Å². The average Bonchev–Trinajstić information content (AvgIpc) is 3.66. The molecule has 0 fully saturated rings. The second-order valence-electron chi connectivity index (χ2n) is 13.8. The van der Waals surface area contributed by atoms with Crippen LogP contribution in [0.3, 0.4) is 0 Å². The Bertz CT molecular complexity index is 2560. The Morgan fingerprint density at radius 1 is 0.679 bits per heavy atom. The highest BCUT2D eigenvalue weighted by Gasteiger charge is 2.42. The first-order valence-electron chi connectivity index (χ1n) is 18.2. The predicted molar refractivity (Wildman–Crippen MR) is 209 cm³/mol. The van der Waals surface area contributed by atoms with Gasteiger partial charge in [-0.3, -0.25) is 9.78 Å². The van der Waals surface area contributed by atoms with E-state index >= 15 is 0 Å². The minimum absolute atomic E-state index is 0.0553. The number of pyridine rings is 1. The molecule has 2 heterocycles. The van der Waals surface area contributed by atoms with Gasteiger partial charge in [0.15, 0.2) is 11.3 Å². The molecular formula is C46H37N5O2. The van der Waals surface area contributed by atoms with Crippen molar-refractivity contribution < 1.29 is 4.74 Å². The topological polar surface area (TPSA) is 82.8 Å². The van der Waals surface area contributed by atoms with Gasteiger partial charge < -0.3 is 4.74 Å². The largest absolute Gasteiger partial charge is 0.488 e. The Balaban J connectivity index is 1.27. The van der Waals surface area contributed by atoms with Gasteiger partial charge in [-0.15, -0.1) is 5.10 Å². The molecule has 0 bridgehead atoms. The Morgan fingerprint density at radius 3 is 2.02 bits per heavy atom. The van der Waals surface area contributed by atoms with Crippen molar-refractivity contribution in [3.05, 3.63) is 195 Å². The molecule has 9 rings (SSSR count). The van der Waals surface area contributed by atoms with Gasteiger partial charge in [0, 0.05) is 39.4 Å². The summed E-state index contributed by atoms with van der Waals surface area (Å²) in [4.78, 5) is 19.3. The molecule has 0 radical (unpaired) electrons. The summed E-state index contributed by atoms with van der Waals surface area (Å²) in [5.74, 6) is 1.42. The Hall–Kier alpha value is -6.47. The molecule has 258 valence electrons.